The number of nitrogens with two attached hydrogens (primary N) is 2. The van der Waals surface area contributed by atoms with E-state index in [-0.39, 0.29) is 39.4 Å². The van der Waals surface area contributed by atoms with Gasteiger partial charge >= 0.3 is 11.9 Å². The summed E-state index contributed by atoms with van der Waals surface area (Å²) in [5.74, 6) is -5.30. The predicted octanol–water partition coefficient (Wildman–Crippen LogP) is 0.800. The highest BCUT2D eigenvalue weighted by molar-refractivity contribution is 6.00. The minimum atomic E-state index is -1.31. The molecule has 0 radical (unpaired) electrons. The van der Waals surface area contributed by atoms with E-state index in [1.54, 1.807) is 0 Å². The average molecular weight is 453 g/mol. The van der Waals surface area contributed by atoms with Gasteiger partial charge in [-0.15, -0.1) is 0 Å². The van der Waals surface area contributed by atoms with E-state index >= 15 is 0 Å². The first-order chi connectivity index (χ1) is 15.5. The number of aromatic hydroxyl groups is 1. The van der Waals surface area contributed by atoms with E-state index in [9.17, 15) is 29.1 Å². The Balaban J connectivity index is 2.38. The molecule has 1 unspecified atom stereocenters. The lowest BCUT2D eigenvalue weighted by Gasteiger charge is -2.18. The third-order valence-corrected chi connectivity index (χ3v) is 4.65. The number of hydrogen-bond acceptors (Lipinski definition) is 8. The van der Waals surface area contributed by atoms with E-state index in [4.69, 9.17) is 20.9 Å². The molecular formula is C22H19N3O8. The highest BCUT2D eigenvalue weighted by Crippen LogP contribution is 2.34. The first-order valence-corrected chi connectivity index (χ1v) is 9.48. The molecule has 3 aromatic rings. The summed E-state index contributed by atoms with van der Waals surface area (Å²) in [6, 6.07) is 7.72. The summed E-state index contributed by atoms with van der Waals surface area (Å²) in [6.45, 7) is 2.24. The van der Waals surface area contributed by atoms with Crippen LogP contribution in [0.25, 0.3) is 10.9 Å². The minimum absolute atomic E-state index is 0.0529. The van der Waals surface area contributed by atoms with Crippen LogP contribution in [0.1, 0.15) is 41.4 Å². The maximum absolute atomic E-state index is 13.2. The Bertz CT molecular complexity index is 1360. The van der Waals surface area contributed by atoms with Crippen LogP contribution in [0.4, 0.5) is 0 Å². The van der Waals surface area contributed by atoms with Gasteiger partial charge in [0.05, 0.1) is 10.9 Å². The van der Waals surface area contributed by atoms with Crippen molar-refractivity contribution in [3.63, 3.8) is 0 Å². The molecule has 2 aromatic carbocycles. The average Bonchev–Trinajstić information content (AvgIpc) is 2.69. The van der Waals surface area contributed by atoms with Crippen molar-refractivity contribution >= 4 is 34.7 Å². The molecule has 0 aliphatic rings. The van der Waals surface area contributed by atoms with Crippen LogP contribution >= 0.6 is 0 Å². The fourth-order valence-electron chi connectivity index (χ4n) is 3.39. The maximum atomic E-state index is 13.2. The molecule has 1 heterocycles. The number of benzene rings is 2. The molecule has 0 spiro atoms. The van der Waals surface area contributed by atoms with Crippen LogP contribution in [-0.4, -0.2) is 33.8 Å². The van der Waals surface area contributed by atoms with Crippen molar-refractivity contribution in [3.05, 3.63) is 63.4 Å². The van der Waals surface area contributed by atoms with Crippen LogP contribution < -0.4 is 26.4 Å². The predicted molar refractivity (Wildman–Crippen MR) is 115 cm³/mol. The third kappa shape index (κ3) is 4.66. The van der Waals surface area contributed by atoms with Gasteiger partial charge < -0.3 is 31.0 Å². The molecule has 11 heteroatoms. The molecule has 1 atom stereocenters. The highest BCUT2D eigenvalue weighted by Gasteiger charge is 2.29. The van der Waals surface area contributed by atoms with Crippen LogP contribution in [0.2, 0.25) is 0 Å². The maximum Gasteiger partial charge on any atom is 0.308 e. The number of aromatic amines is 1. The van der Waals surface area contributed by atoms with Gasteiger partial charge in [0, 0.05) is 25.6 Å². The molecular weight excluding hydrogens is 434 g/mol. The Morgan fingerprint density at radius 3 is 1.97 bits per heavy atom. The van der Waals surface area contributed by atoms with Crippen LogP contribution in [0, 0.1) is 0 Å². The molecule has 33 heavy (non-hydrogen) atoms. The van der Waals surface area contributed by atoms with Gasteiger partial charge in [0.25, 0.3) is 5.91 Å². The summed E-state index contributed by atoms with van der Waals surface area (Å²) >= 11 is 0. The topological polar surface area (TPSA) is 192 Å². The molecule has 6 N–H and O–H groups in total. The zero-order chi connectivity index (χ0) is 24.4. The number of fused-ring (bicyclic) bond motifs is 1. The molecule has 0 saturated carbocycles. The number of nitrogens with one attached hydrogen (secondary N) is 1. The van der Waals surface area contributed by atoms with Gasteiger partial charge in [0.2, 0.25) is 11.3 Å². The van der Waals surface area contributed by atoms with E-state index < -0.39 is 40.7 Å². The first-order valence-electron chi connectivity index (χ1n) is 9.48. The Morgan fingerprint density at radius 2 is 1.48 bits per heavy atom. The minimum Gasteiger partial charge on any atom is -0.508 e. The van der Waals surface area contributed by atoms with Crippen molar-refractivity contribution in [2.24, 2.45) is 11.5 Å². The zero-order valence-corrected chi connectivity index (χ0v) is 17.5. The number of H-pyrrole nitrogens is 1. The van der Waals surface area contributed by atoms with Gasteiger partial charge in [-0.25, -0.2) is 0 Å². The van der Waals surface area contributed by atoms with Crippen molar-refractivity contribution in [1.29, 1.82) is 0 Å². The number of primary amides is 2. The lowest BCUT2D eigenvalue weighted by atomic mass is 9.90. The number of hydrogen-bond donors (Lipinski definition) is 4. The monoisotopic (exact) mass is 453 g/mol. The van der Waals surface area contributed by atoms with Gasteiger partial charge in [-0.3, -0.25) is 24.0 Å². The molecule has 0 saturated heterocycles. The van der Waals surface area contributed by atoms with Gasteiger partial charge in [0.1, 0.15) is 17.2 Å². The number of carbonyl (C=O) groups is 4. The molecule has 3 rings (SSSR count). The van der Waals surface area contributed by atoms with Crippen molar-refractivity contribution in [1.82, 2.24) is 4.98 Å². The third-order valence-electron chi connectivity index (χ3n) is 4.65. The summed E-state index contributed by atoms with van der Waals surface area (Å²) in [6.07, 6.45) is 0. The van der Waals surface area contributed by atoms with Gasteiger partial charge in [0.15, 0.2) is 11.5 Å². The lowest BCUT2D eigenvalue weighted by Crippen LogP contribution is -2.31. The number of phenolic OH excluding ortho intramolecular Hbond substituents is 1. The number of amides is 2. The molecule has 0 bridgehead atoms. The Hall–Kier alpha value is -4.67. The second kappa shape index (κ2) is 8.83. The van der Waals surface area contributed by atoms with E-state index in [1.165, 1.54) is 30.3 Å². The second-order valence-electron chi connectivity index (χ2n) is 7.07. The molecule has 170 valence electrons. The Kier molecular flexibility index (Phi) is 6.15. The highest BCUT2D eigenvalue weighted by atomic mass is 16.6. The number of aromatic nitrogens is 1. The number of pyridine rings is 1. The number of phenols is 1. The van der Waals surface area contributed by atoms with E-state index in [0.29, 0.717) is 0 Å². The van der Waals surface area contributed by atoms with Crippen LogP contribution in [-0.2, 0) is 14.4 Å². The molecule has 2 amide bonds. The quantitative estimate of drug-likeness (QED) is 0.311. The van der Waals surface area contributed by atoms with Crippen molar-refractivity contribution < 1.29 is 33.8 Å². The van der Waals surface area contributed by atoms with Crippen molar-refractivity contribution in [2.45, 2.75) is 19.8 Å². The molecule has 11 nitrogen and oxygen atoms in total. The molecule has 1 aromatic heterocycles. The first kappa shape index (κ1) is 23.0. The largest absolute Gasteiger partial charge is 0.508 e. The summed E-state index contributed by atoms with van der Waals surface area (Å²) in [7, 11) is 0. The van der Waals surface area contributed by atoms with Crippen LogP contribution in [0.3, 0.4) is 0 Å². The zero-order valence-electron chi connectivity index (χ0n) is 17.5. The second-order valence-corrected chi connectivity index (χ2v) is 7.07. The van der Waals surface area contributed by atoms with Crippen molar-refractivity contribution in [2.75, 3.05) is 0 Å². The van der Waals surface area contributed by atoms with Crippen molar-refractivity contribution in [3.8, 4) is 17.2 Å². The standard InChI is InChI=1S/C22H19N3O8/c1-9(26)32-15-7-13-14(8-16(15)33-10(2)27)25-19(18(20(13)29)22(24)31)17(21(23)30)11-3-5-12(28)6-4-11/h3-8,17,28H,1-2H3,(H2,23,30)(H2,24,31)(H,25,29). The summed E-state index contributed by atoms with van der Waals surface area (Å²) in [5.41, 5.74) is 9.77. The van der Waals surface area contributed by atoms with E-state index in [2.05, 4.69) is 4.98 Å². The van der Waals surface area contributed by atoms with E-state index in [0.717, 1.165) is 19.9 Å². The SMILES string of the molecule is CC(=O)Oc1cc2[nH]c(C(C(N)=O)c3ccc(O)cc3)c(C(N)=O)c(=O)c2cc1OC(C)=O. The number of rotatable bonds is 6. The van der Waals surface area contributed by atoms with Gasteiger partial charge in [-0.1, -0.05) is 12.1 Å². The smallest absolute Gasteiger partial charge is 0.308 e. The molecule has 0 fully saturated rings. The normalized spacial score (nSPS) is 11.6. The fourth-order valence-corrected chi connectivity index (χ4v) is 3.39. The number of ether oxygens (including phenoxy) is 2. The number of esters is 2. The number of carbonyl (C=O) groups excluding carboxylic acids is 4. The molecule has 0 aliphatic heterocycles. The molecule has 0 aliphatic carbocycles. The summed E-state index contributed by atoms with van der Waals surface area (Å²) in [5, 5.41) is 9.42. The van der Waals surface area contributed by atoms with Crippen LogP contribution in [0.5, 0.6) is 17.2 Å². The van der Waals surface area contributed by atoms with Gasteiger partial charge in [-0.05, 0) is 23.8 Å². The fraction of sp³-hybridized carbons (Fsp3) is 0.136. The summed E-state index contributed by atoms with van der Waals surface area (Å²) in [4.78, 5) is 63.6. The summed E-state index contributed by atoms with van der Waals surface area (Å²) < 4.78 is 10.1. The Morgan fingerprint density at radius 1 is 0.939 bits per heavy atom. The van der Waals surface area contributed by atoms with E-state index in [1.807, 2.05) is 0 Å². The lowest BCUT2D eigenvalue weighted by molar-refractivity contribution is -0.134. The van der Waals surface area contributed by atoms with Gasteiger partial charge in [-0.2, -0.15) is 0 Å². The van der Waals surface area contributed by atoms with Crippen LogP contribution in [0.15, 0.2) is 41.2 Å². The Labute approximate surface area is 185 Å².